The highest BCUT2D eigenvalue weighted by Gasteiger charge is 2.06. The molecule has 0 saturated heterocycles. The molecule has 0 saturated carbocycles. The molecule has 2 aromatic heterocycles. The highest BCUT2D eigenvalue weighted by Crippen LogP contribution is 2.25. The van der Waals surface area contributed by atoms with E-state index in [4.69, 9.17) is 0 Å². The van der Waals surface area contributed by atoms with Crippen LogP contribution in [0.2, 0.25) is 0 Å². The van der Waals surface area contributed by atoms with Crippen LogP contribution in [0.1, 0.15) is 25.5 Å². The molecule has 0 aliphatic rings. The Bertz CT molecular complexity index is 448. The number of anilines is 1. The van der Waals surface area contributed by atoms with Gasteiger partial charge in [0.05, 0.1) is 0 Å². The molecular formula is C10H13N3S. The minimum Gasteiger partial charge on any atom is -0.365 e. The van der Waals surface area contributed by atoms with Gasteiger partial charge in [-0.3, -0.25) is 0 Å². The van der Waals surface area contributed by atoms with Crippen LogP contribution in [0, 0.1) is 0 Å². The Morgan fingerprint density at radius 3 is 2.71 bits per heavy atom. The van der Waals surface area contributed by atoms with Crippen LogP contribution < -0.4 is 5.32 Å². The van der Waals surface area contributed by atoms with E-state index in [1.807, 2.05) is 19.2 Å². The third-order valence-electron chi connectivity index (χ3n) is 2.08. The Morgan fingerprint density at radius 1 is 1.29 bits per heavy atom. The molecule has 0 aliphatic heterocycles. The van der Waals surface area contributed by atoms with Gasteiger partial charge in [-0.2, -0.15) is 0 Å². The molecule has 0 fully saturated rings. The zero-order valence-corrected chi connectivity index (χ0v) is 9.35. The molecule has 0 radical (unpaired) electrons. The maximum Gasteiger partial charge on any atom is 0.185 e. The van der Waals surface area contributed by atoms with E-state index in [1.54, 1.807) is 11.3 Å². The lowest BCUT2D eigenvalue weighted by atomic mass is 10.1. The standard InChI is InChI=1S/C10H13N3S/c1-6(2)7-4-5-8-9(12-7)14-10(11-3)13-8/h4-6H,1-3H3,(H,11,13). The maximum absolute atomic E-state index is 4.56. The average Bonchev–Trinajstić information content (AvgIpc) is 2.58. The van der Waals surface area contributed by atoms with Gasteiger partial charge in [-0.05, 0) is 18.1 Å². The Balaban J connectivity index is 2.54. The first-order valence-electron chi connectivity index (χ1n) is 4.66. The van der Waals surface area contributed by atoms with Crippen molar-refractivity contribution < 1.29 is 0 Å². The number of hydrogen-bond acceptors (Lipinski definition) is 4. The molecule has 0 atom stereocenters. The summed E-state index contributed by atoms with van der Waals surface area (Å²) in [5, 5.41) is 3.96. The zero-order chi connectivity index (χ0) is 10.1. The SMILES string of the molecule is CNc1nc2ccc(C(C)C)nc2s1. The molecule has 2 heterocycles. The summed E-state index contributed by atoms with van der Waals surface area (Å²) >= 11 is 1.60. The van der Waals surface area contributed by atoms with Gasteiger partial charge in [-0.1, -0.05) is 25.2 Å². The molecule has 0 unspecified atom stereocenters. The van der Waals surface area contributed by atoms with E-state index in [-0.39, 0.29) is 0 Å². The Hall–Kier alpha value is -1.16. The van der Waals surface area contributed by atoms with E-state index in [1.165, 1.54) is 0 Å². The van der Waals surface area contributed by atoms with Crippen LogP contribution in [0.3, 0.4) is 0 Å². The number of hydrogen-bond donors (Lipinski definition) is 1. The van der Waals surface area contributed by atoms with Crippen molar-refractivity contribution in [1.29, 1.82) is 0 Å². The van der Waals surface area contributed by atoms with E-state index < -0.39 is 0 Å². The number of fused-ring (bicyclic) bond motifs is 1. The number of pyridine rings is 1. The average molecular weight is 207 g/mol. The van der Waals surface area contributed by atoms with Gasteiger partial charge < -0.3 is 5.32 Å². The summed E-state index contributed by atoms with van der Waals surface area (Å²) in [7, 11) is 1.88. The predicted octanol–water partition coefficient (Wildman–Crippen LogP) is 2.86. The molecule has 0 bridgehead atoms. The molecule has 2 aromatic rings. The van der Waals surface area contributed by atoms with Crippen molar-refractivity contribution >= 4 is 26.8 Å². The topological polar surface area (TPSA) is 37.8 Å². The van der Waals surface area contributed by atoms with Crippen LogP contribution in [-0.2, 0) is 0 Å². The fourth-order valence-electron chi connectivity index (χ4n) is 1.26. The first kappa shape index (κ1) is 9.40. The molecule has 3 nitrogen and oxygen atoms in total. The third kappa shape index (κ3) is 1.57. The van der Waals surface area contributed by atoms with Crippen LogP contribution in [0.25, 0.3) is 10.3 Å². The minimum atomic E-state index is 0.472. The summed E-state index contributed by atoms with van der Waals surface area (Å²) in [6.45, 7) is 4.29. The summed E-state index contributed by atoms with van der Waals surface area (Å²) < 4.78 is 0. The smallest absolute Gasteiger partial charge is 0.185 e. The predicted molar refractivity (Wildman–Crippen MR) is 61.1 cm³/mol. The second-order valence-electron chi connectivity index (χ2n) is 3.48. The van der Waals surface area contributed by atoms with Gasteiger partial charge in [-0.25, -0.2) is 9.97 Å². The quantitative estimate of drug-likeness (QED) is 0.822. The number of thiazole rings is 1. The summed E-state index contributed by atoms with van der Waals surface area (Å²) in [5.74, 6) is 0.472. The molecule has 2 rings (SSSR count). The number of aromatic nitrogens is 2. The van der Waals surface area contributed by atoms with Crippen molar-refractivity contribution in [2.24, 2.45) is 0 Å². The summed E-state index contributed by atoms with van der Waals surface area (Å²) in [4.78, 5) is 9.95. The van der Waals surface area contributed by atoms with E-state index in [9.17, 15) is 0 Å². The number of nitrogens with one attached hydrogen (secondary N) is 1. The largest absolute Gasteiger partial charge is 0.365 e. The fourth-order valence-corrected chi connectivity index (χ4v) is 2.06. The van der Waals surface area contributed by atoms with Gasteiger partial charge in [0.25, 0.3) is 0 Å². The zero-order valence-electron chi connectivity index (χ0n) is 8.53. The van der Waals surface area contributed by atoms with Crippen LogP contribution in [-0.4, -0.2) is 17.0 Å². The molecule has 0 amide bonds. The lowest BCUT2D eigenvalue weighted by molar-refractivity contribution is 0.831. The van der Waals surface area contributed by atoms with E-state index in [0.717, 1.165) is 21.2 Å². The molecule has 0 spiro atoms. The van der Waals surface area contributed by atoms with Crippen molar-refractivity contribution in [2.75, 3.05) is 12.4 Å². The second kappa shape index (κ2) is 3.53. The van der Waals surface area contributed by atoms with Crippen LogP contribution >= 0.6 is 11.3 Å². The van der Waals surface area contributed by atoms with Crippen molar-refractivity contribution in [1.82, 2.24) is 9.97 Å². The molecule has 4 heteroatoms. The van der Waals surface area contributed by atoms with Crippen LogP contribution in [0.4, 0.5) is 5.13 Å². The maximum atomic E-state index is 4.56. The van der Waals surface area contributed by atoms with Crippen LogP contribution in [0.15, 0.2) is 12.1 Å². The summed E-state index contributed by atoms with van der Waals surface area (Å²) in [5.41, 5.74) is 2.10. The fraction of sp³-hybridized carbons (Fsp3) is 0.400. The highest BCUT2D eigenvalue weighted by molar-refractivity contribution is 7.21. The Morgan fingerprint density at radius 2 is 2.07 bits per heavy atom. The van der Waals surface area contributed by atoms with Gasteiger partial charge in [0.15, 0.2) is 5.13 Å². The molecule has 1 N–H and O–H groups in total. The third-order valence-corrected chi connectivity index (χ3v) is 3.07. The van der Waals surface area contributed by atoms with E-state index >= 15 is 0 Å². The van der Waals surface area contributed by atoms with Crippen molar-refractivity contribution in [3.8, 4) is 0 Å². The Labute approximate surface area is 87.2 Å². The van der Waals surface area contributed by atoms with Crippen LogP contribution in [0.5, 0.6) is 0 Å². The van der Waals surface area contributed by atoms with E-state index in [0.29, 0.717) is 5.92 Å². The summed E-state index contributed by atoms with van der Waals surface area (Å²) in [6.07, 6.45) is 0. The molecule has 74 valence electrons. The van der Waals surface area contributed by atoms with Crippen molar-refractivity contribution in [3.63, 3.8) is 0 Å². The Kier molecular flexibility index (Phi) is 2.37. The van der Waals surface area contributed by atoms with Gasteiger partial charge in [0.2, 0.25) is 0 Å². The minimum absolute atomic E-state index is 0.472. The van der Waals surface area contributed by atoms with Gasteiger partial charge in [-0.15, -0.1) is 0 Å². The molecular weight excluding hydrogens is 194 g/mol. The van der Waals surface area contributed by atoms with Gasteiger partial charge in [0.1, 0.15) is 10.3 Å². The molecule has 14 heavy (non-hydrogen) atoms. The van der Waals surface area contributed by atoms with Gasteiger partial charge >= 0.3 is 0 Å². The first-order chi connectivity index (χ1) is 6.70. The number of rotatable bonds is 2. The molecule has 0 aliphatic carbocycles. The first-order valence-corrected chi connectivity index (χ1v) is 5.47. The lowest BCUT2D eigenvalue weighted by Crippen LogP contribution is -1.90. The lowest BCUT2D eigenvalue weighted by Gasteiger charge is -2.01. The molecule has 0 aromatic carbocycles. The highest BCUT2D eigenvalue weighted by atomic mass is 32.1. The summed E-state index contributed by atoms with van der Waals surface area (Å²) in [6, 6.07) is 4.08. The second-order valence-corrected chi connectivity index (χ2v) is 4.46. The monoisotopic (exact) mass is 207 g/mol. The van der Waals surface area contributed by atoms with Crippen molar-refractivity contribution in [2.45, 2.75) is 19.8 Å². The van der Waals surface area contributed by atoms with E-state index in [2.05, 4.69) is 29.1 Å². The van der Waals surface area contributed by atoms with Crippen molar-refractivity contribution in [3.05, 3.63) is 17.8 Å². The number of nitrogens with zero attached hydrogens (tertiary/aromatic N) is 2. The van der Waals surface area contributed by atoms with Gasteiger partial charge in [0, 0.05) is 12.7 Å². The normalized spacial score (nSPS) is 11.1.